The number of hydrogen-bond acceptors (Lipinski definition) is 4. The molecule has 7 nitrogen and oxygen atoms in total. The second kappa shape index (κ2) is 9.32. The molecule has 2 amide bonds. The van der Waals surface area contributed by atoms with Gasteiger partial charge in [0, 0.05) is 21.0 Å². The Hall–Kier alpha value is -4.17. The highest BCUT2D eigenvalue weighted by molar-refractivity contribution is 7.22. The molecule has 160 valence electrons. The van der Waals surface area contributed by atoms with E-state index in [1.54, 1.807) is 30.4 Å². The van der Waals surface area contributed by atoms with Gasteiger partial charge in [-0.2, -0.15) is 5.10 Å². The van der Waals surface area contributed by atoms with Crippen molar-refractivity contribution in [3.05, 3.63) is 84.4 Å². The Morgan fingerprint density at radius 2 is 1.47 bits per heavy atom. The van der Waals surface area contributed by atoms with Gasteiger partial charge in [-0.15, -0.1) is 16.4 Å². The topological polar surface area (TPSA) is 118 Å². The van der Waals surface area contributed by atoms with Gasteiger partial charge in [0.15, 0.2) is 0 Å². The van der Waals surface area contributed by atoms with Crippen LogP contribution in [0.5, 0.6) is 0 Å². The average molecular weight is 443 g/mol. The summed E-state index contributed by atoms with van der Waals surface area (Å²) in [6.45, 7) is 1.80. The summed E-state index contributed by atoms with van der Waals surface area (Å²) in [4.78, 5) is 13.6. The summed E-state index contributed by atoms with van der Waals surface area (Å²) in [5, 5.41) is 14.5. The predicted octanol–water partition coefficient (Wildman–Crippen LogP) is 5.21. The molecule has 0 saturated heterocycles. The van der Waals surface area contributed by atoms with Crippen LogP contribution in [0.25, 0.3) is 20.5 Å². The summed E-state index contributed by atoms with van der Waals surface area (Å²) in [5.41, 5.74) is 14.6. The Labute approximate surface area is 189 Å². The van der Waals surface area contributed by atoms with Crippen LogP contribution in [0.4, 0.5) is 16.2 Å². The monoisotopic (exact) mass is 442 g/mol. The number of carbonyl (C=O) groups is 1. The number of carbonyl (C=O) groups excluding carboxylic acids is 1. The van der Waals surface area contributed by atoms with Gasteiger partial charge in [-0.1, -0.05) is 42.5 Å². The molecule has 0 bridgehead atoms. The number of hydrogen-bond donors (Lipinski definition) is 4. The van der Waals surface area contributed by atoms with E-state index in [4.69, 9.17) is 11.5 Å². The van der Waals surface area contributed by atoms with E-state index in [0.717, 1.165) is 11.1 Å². The fourth-order valence-electron chi connectivity index (χ4n) is 3.12. The van der Waals surface area contributed by atoms with E-state index in [2.05, 4.69) is 39.0 Å². The van der Waals surface area contributed by atoms with Crippen molar-refractivity contribution in [2.24, 2.45) is 21.7 Å². The SMILES string of the molecule is C/C(=N\N=C(N)N)c1ccc(NC(=O)Nc2ccc(-c3cc4ccccc4s3)cc2)cc1. The third kappa shape index (κ3) is 5.11. The summed E-state index contributed by atoms with van der Waals surface area (Å²) >= 11 is 1.75. The van der Waals surface area contributed by atoms with Crippen molar-refractivity contribution in [1.29, 1.82) is 0 Å². The Bertz CT molecular complexity index is 1270. The number of anilines is 2. The first-order valence-corrected chi connectivity index (χ1v) is 10.7. The molecule has 6 N–H and O–H groups in total. The number of nitrogens with two attached hydrogens (primary N) is 2. The largest absolute Gasteiger partial charge is 0.369 e. The van der Waals surface area contributed by atoms with Gasteiger partial charge in [0.1, 0.15) is 0 Å². The molecule has 3 aromatic carbocycles. The summed E-state index contributed by atoms with van der Waals surface area (Å²) in [6.07, 6.45) is 0. The number of nitrogens with zero attached hydrogens (tertiary/aromatic N) is 2. The maximum Gasteiger partial charge on any atom is 0.323 e. The second-order valence-corrected chi connectivity index (χ2v) is 8.18. The molecule has 0 aliphatic heterocycles. The highest BCUT2D eigenvalue weighted by Crippen LogP contribution is 2.33. The molecule has 4 rings (SSSR count). The fourth-order valence-corrected chi connectivity index (χ4v) is 4.19. The van der Waals surface area contributed by atoms with E-state index >= 15 is 0 Å². The number of guanidine groups is 1. The molecule has 1 aromatic heterocycles. The van der Waals surface area contributed by atoms with Crippen molar-refractivity contribution in [2.75, 3.05) is 10.6 Å². The molecule has 8 heteroatoms. The molecule has 0 saturated carbocycles. The molecule has 0 unspecified atom stereocenters. The molecule has 32 heavy (non-hydrogen) atoms. The van der Waals surface area contributed by atoms with Crippen LogP contribution in [0.1, 0.15) is 12.5 Å². The van der Waals surface area contributed by atoms with Gasteiger partial charge in [-0.3, -0.25) is 0 Å². The minimum atomic E-state index is -0.321. The molecular weight excluding hydrogens is 420 g/mol. The van der Waals surface area contributed by atoms with Gasteiger partial charge in [0.25, 0.3) is 0 Å². The van der Waals surface area contributed by atoms with E-state index in [-0.39, 0.29) is 12.0 Å². The lowest BCUT2D eigenvalue weighted by molar-refractivity contribution is 0.262. The van der Waals surface area contributed by atoms with Crippen LogP contribution >= 0.6 is 11.3 Å². The second-order valence-electron chi connectivity index (χ2n) is 7.09. The lowest BCUT2D eigenvalue weighted by Gasteiger charge is -2.09. The molecule has 0 fully saturated rings. The van der Waals surface area contributed by atoms with E-state index in [9.17, 15) is 4.79 Å². The minimum absolute atomic E-state index is 0.101. The Balaban J connectivity index is 1.38. The van der Waals surface area contributed by atoms with Crippen LogP contribution in [-0.4, -0.2) is 17.7 Å². The van der Waals surface area contributed by atoms with E-state index in [1.807, 2.05) is 48.5 Å². The van der Waals surface area contributed by atoms with E-state index < -0.39 is 0 Å². The highest BCUT2D eigenvalue weighted by Gasteiger charge is 2.07. The number of amides is 2. The average Bonchev–Trinajstić information content (AvgIpc) is 3.22. The van der Waals surface area contributed by atoms with Gasteiger partial charge in [0.05, 0.1) is 5.71 Å². The fraction of sp³-hybridized carbons (Fsp3) is 0.0417. The van der Waals surface area contributed by atoms with Gasteiger partial charge in [-0.25, -0.2) is 4.79 Å². The summed E-state index contributed by atoms with van der Waals surface area (Å²) < 4.78 is 1.26. The zero-order valence-electron chi connectivity index (χ0n) is 17.4. The third-order valence-electron chi connectivity index (χ3n) is 4.73. The number of rotatable bonds is 5. The quantitative estimate of drug-likeness (QED) is 0.193. The number of nitrogens with one attached hydrogen (secondary N) is 2. The van der Waals surface area contributed by atoms with Crippen molar-refractivity contribution in [1.82, 2.24) is 0 Å². The molecule has 0 spiro atoms. The van der Waals surface area contributed by atoms with Crippen molar-refractivity contribution < 1.29 is 4.79 Å². The van der Waals surface area contributed by atoms with Crippen molar-refractivity contribution >= 4 is 50.5 Å². The van der Waals surface area contributed by atoms with Crippen LogP contribution in [0.3, 0.4) is 0 Å². The zero-order chi connectivity index (χ0) is 22.5. The molecular formula is C24H22N6OS. The lowest BCUT2D eigenvalue weighted by atomic mass is 10.1. The van der Waals surface area contributed by atoms with Crippen molar-refractivity contribution in [3.8, 4) is 10.4 Å². The Kier molecular flexibility index (Phi) is 6.14. The molecule has 0 radical (unpaired) electrons. The van der Waals surface area contributed by atoms with Gasteiger partial charge in [0.2, 0.25) is 5.96 Å². The summed E-state index contributed by atoms with van der Waals surface area (Å²) in [7, 11) is 0. The van der Waals surface area contributed by atoms with Crippen LogP contribution < -0.4 is 22.1 Å². The smallest absolute Gasteiger partial charge is 0.323 e. The van der Waals surface area contributed by atoms with Gasteiger partial charge >= 0.3 is 6.03 Å². The van der Waals surface area contributed by atoms with Crippen LogP contribution in [0.2, 0.25) is 0 Å². The van der Waals surface area contributed by atoms with Crippen molar-refractivity contribution in [3.63, 3.8) is 0 Å². The number of thiophene rings is 1. The number of urea groups is 1. The molecule has 0 aliphatic rings. The lowest BCUT2D eigenvalue weighted by Crippen LogP contribution is -2.22. The van der Waals surface area contributed by atoms with Crippen LogP contribution in [-0.2, 0) is 0 Å². The minimum Gasteiger partial charge on any atom is -0.369 e. The first-order chi connectivity index (χ1) is 15.5. The Morgan fingerprint density at radius 1 is 0.844 bits per heavy atom. The van der Waals surface area contributed by atoms with E-state index in [0.29, 0.717) is 17.1 Å². The summed E-state index contributed by atoms with van der Waals surface area (Å²) in [5.74, 6) is -0.101. The third-order valence-corrected chi connectivity index (χ3v) is 5.89. The van der Waals surface area contributed by atoms with Gasteiger partial charge in [-0.05, 0) is 59.8 Å². The first kappa shape index (κ1) is 21.1. The van der Waals surface area contributed by atoms with Crippen LogP contribution in [0, 0.1) is 0 Å². The summed E-state index contributed by atoms with van der Waals surface area (Å²) in [6, 6.07) is 25.2. The number of benzene rings is 3. The van der Waals surface area contributed by atoms with E-state index in [1.165, 1.54) is 15.0 Å². The molecule has 1 heterocycles. The van der Waals surface area contributed by atoms with Crippen molar-refractivity contribution in [2.45, 2.75) is 6.92 Å². The number of fused-ring (bicyclic) bond motifs is 1. The Morgan fingerprint density at radius 3 is 2.09 bits per heavy atom. The van der Waals surface area contributed by atoms with Gasteiger partial charge < -0.3 is 22.1 Å². The molecule has 4 aromatic rings. The maximum absolute atomic E-state index is 12.4. The predicted molar refractivity (Wildman–Crippen MR) is 134 cm³/mol. The highest BCUT2D eigenvalue weighted by atomic mass is 32.1. The standard InChI is InChI=1S/C24H22N6OS/c1-15(29-30-23(25)26)16-6-10-19(11-7-16)27-24(31)28-20-12-8-17(9-13-20)22-14-18-4-2-3-5-21(18)32-22/h2-14H,1H3,(H4,25,26,30)(H2,27,28,31)/b29-15+. The molecule has 0 aliphatic carbocycles. The first-order valence-electron chi connectivity index (χ1n) is 9.88. The maximum atomic E-state index is 12.4. The normalized spacial score (nSPS) is 11.2. The molecule has 0 atom stereocenters. The zero-order valence-corrected chi connectivity index (χ0v) is 18.2. The van der Waals surface area contributed by atoms with Crippen LogP contribution in [0.15, 0.2) is 89.1 Å².